The molecular weight excluding hydrogens is 194 g/mol. The van der Waals surface area contributed by atoms with Crippen LogP contribution in [0.2, 0.25) is 0 Å². The molecule has 1 aliphatic heterocycles. The second kappa shape index (κ2) is 3.05. The molecule has 2 atom stereocenters. The molecule has 2 heterocycles. The highest BCUT2D eigenvalue weighted by Crippen LogP contribution is 2.40. The lowest BCUT2D eigenvalue weighted by Crippen LogP contribution is -2.28. The summed E-state index contributed by atoms with van der Waals surface area (Å²) in [5.41, 5.74) is 0. The Bertz CT molecular complexity index is 389. The minimum absolute atomic E-state index is 0.106. The standard InChI is InChI=1S/C10H13N3O2/c1-6-11-12-9(15-6)10(14)13-4-7-2-3-8(7)5-13/h7-8H,2-5H2,1H3/t7-,8+. The molecule has 80 valence electrons. The zero-order chi connectivity index (χ0) is 10.4. The van der Waals surface area contributed by atoms with Gasteiger partial charge in [-0.1, -0.05) is 0 Å². The summed E-state index contributed by atoms with van der Waals surface area (Å²) in [7, 11) is 0. The Morgan fingerprint density at radius 1 is 1.33 bits per heavy atom. The van der Waals surface area contributed by atoms with Gasteiger partial charge in [0.15, 0.2) is 0 Å². The van der Waals surface area contributed by atoms with Crippen LogP contribution < -0.4 is 0 Å². The first kappa shape index (κ1) is 8.88. The summed E-state index contributed by atoms with van der Waals surface area (Å²) >= 11 is 0. The molecule has 0 bridgehead atoms. The van der Waals surface area contributed by atoms with Crippen LogP contribution in [0.25, 0.3) is 0 Å². The Labute approximate surface area is 87.5 Å². The highest BCUT2D eigenvalue weighted by atomic mass is 16.4. The van der Waals surface area contributed by atoms with Gasteiger partial charge in [0.2, 0.25) is 5.89 Å². The molecular formula is C10H13N3O2. The minimum atomic E-state index is -0.106. The van der Waals surface area contributed by atoms with Crippen LogP contribution in [0.4, 0.5) is 0 Å². The van der Waals surface area contributed by atoms with E-state index in [0.29, 0.717) is 5.89 Å². The Morgan fingerprint density at radius 3 is 2.47 bits per heavy atom. The quantitative estimate of drug-likeness (QED) is 0.685. The van der Waals surface area contributed by atoms with Gasteiger partial charge in [0, 0.05) is 20.0 Å². The highest BCUT2D eigenvalue weighted by molar-refractivity contribution is 5.89. The van der Waals surface area contributed by atoms with Gasteiger partial charge in [-0.15, -0.1) is 10.2 Å². The fourth-order valence-corrected chi connectivity index (χ4v) is 2.44. The maximum Gasteiger partial charge on any atom is 0.311 e. The van der Waals surface area contributed by atoms with E-state index in [2.05, 4.69) is 10.2 Å². The first-order valence-electron chi connectivity index (χ1n) is 5.33. The normalized spacial score (nSPS) is 28.7. The number of carbonyl (C=O) groups excluding carboxylic acids is 1. The third kappa shape index (κ3) is 1.33. The third-order valence-electron chi connectivity index (χ3n) is 3.48. The van der Waals surface area contributed by atoms with Gasteiger partial charge in [0.1, 0.15) is 0 Å². The van der Waals surface area contributed by atoms with Crippen molar-refractivity contribution in [1.29, 1.82) is 0 Å². The van der Waals surface area contributed by atoms with E-state index in [0.717, 1.165) is 24.9 Å². The van der Waals surface area contributed by atoms with Crippen LogP contribution in [0.15, 0.2) is 4.42 Å². The number of nitrogens with zero attached hydrogens (tertiary/aromatic N) is 3. The molecule has 2 fully saturated rings. The van der Waals surface area contributed by atoms with Gasteiger partial charge >= 0.3 is 11.8 Å². The summed E-state index contributed by atoms with van der Waals surface area (Å²) in [6.45, 7) is 3.42. The molecule has 1 aromatic heterocycles. The van der Waals surface area contributed by atoms with Crippen molar-refractivity contribution in [2.24, 2.45) is 11.8 Å². The van der Waals surface area contributed by atoms with Gasteiger partial charge in [-0.25, -0.2) is 0 Å². The van der Waals surface area contributed by atoms with Gasteiger partial charge in [-0.2, -0.15) is 0 Å². The van der Waals surface area contributed by atoms with Crippen LogP contribution in [0.5, 0.6) is 0 Å². The van der Waals surface area contributed by atoms with Gasteiger partial charge in [0.05, 0.1) is 0 Å². The molecule has 0 radical (unpaired) electrons. The second-order valence-electron chi connectivity index (χ2n) is 4.43. The predicted molar refractivity (Wildman–Crippen MR) is 51.2 cm³/mol. The van der Waals surface area contributed by atoms with E-state index in [-0.39, 0.29) is 11.8 Å². The first-order valence-corrected chi connectivity index (χ1v) is 5.33. The maximum atomic E-state index is 11.9. The van der Waals surface area contributed by atoms with E-state index in [1.165, 1.54) is 12.8 Å². The molecule has 2 aliphatic rings. The number of rotatable bonds is 1. The molecule has 1 saturated heterocycles. The summed E-state index contributed by atoms with van der Waals surface area (Å²) in [5, 5.41) is 7.42. The molecule has 5 heteroatoms. The number of aromatic nitrogens is 2. The second-order valence-corrected chi connectivity index (χ2v) is 4.43. The van der Waals surface area contributed by atoms with E-state index in [1.807, 2.05) is 4.90 Å². The number of amides is 1. The summed E-state index contributed by atoms with van der Waals surface area (Å²) in [6.07, 6.45) is 2.52. The van der Waals surface area contributed by atoms with Crippen molar-refractivity contribution in [3.63, 3.8) is 0 Å². The van der Waals surface area contributed by atoms with Crippen molar-refractivity contribution in [2.75, 3.05) is 13.1 Å². The lowest BCUT2D eigenvalue weighted by molar-refractivity contribution is 0.0746. The molecule has 0 unspecified atom stereocenters. The number of aryl methyl sites for hydroxylation is 1. The number of hydrogen-bond donors (Lipinski definition) is 0. The largest absolute Gasteiger partial charge is 0.417 e. The summed E-state index contributed by atoms with van der Waals surface area (Å²) in [6, 6.07) is 0. The fraction of sp³-hybridized carbons (Fsp3) is 0.700. The average Bonchev–Trinajstić information content (AvgIpc) is 2.72. The average molecular weight is 207 g/mol. The zero-order valence-electron chi connectivity index (χ0n) is 8.64. The Morgan fingerprint density at radius 2 is 2.00 bits per heavy atom. The highest BCUT2D eigenvalue weighted by Gasteiger charge is 2.42. The minimum Gasteiger partial charge on any atom is -0.417 e. The van der Waals surface area contributed by atoms with E-state index >= 15 is 0 Å². The van der Waals surface area contributed by atoms with E-state index in [9.17, 15) is 4.79 Å². The van der Waals surface area contributed by atoms with Crippen LogP contribution in [-0.2, 0) is 0 Å². The number of hydrogen-bond acceptors (Lipinski definition) is 4. The van der Waals surface area contributed by atoms with Crippen LogP contribution >= 0.6 is 0 Å². The SMILES string of the molecule is Cc1nnc(C(=O)N2C[C@H]3CC[C@H]3C2)o1. The molecule has 1 saturated carbocycles. The summed E-state index contributed by atoms with van der Waals surface area (Å²) in [5.74, 6) is 1.91. The lowest BCUT2D eigenvalue weighted by Gasteiger charge is -2.27. The van der Waals surface area contributed by atoms with Crippen molar-refractivity contribution < 1.29 is 9.21 Å². The molecule has 0 spiro atoms. The molecule has 1 amide bonds. The number of fused-ring (bicyclic) bond motifs is 1. The smallest absolute Gasteiger partial charge is 0.311 e. The fourth-order valence-electron chi connectivity index (χ4n) is 2.44. The lowest BCUT2D eigenvalue weighted by atomic mass is 9.77. The van der Waals surface area contributed by atoms with Crippen molar-refractivity contribution in [1.82, 2.24) is 15.1 Å². The first-order chi connectivity index (χ1) is 7.24. The van der Waals surface area contributed by atoms with E-state index in [1.54, 1.807) is 6.92 Å². The Hall–Kier alpha value is -1.39. The van der Waals surface area contributed by atoms with Crippen molar-refractivity contribution in [2.45, 2.75) is 19.8 Å². The Balaban J connectivity index is 1.75. The molecule has 0 aromatic carbocycles. The molecule has 3 rings (SSSR count). The van der Waals surface area contributed by atoms with E-state index < -0.39 is 0 Å². The Kier molecular flexibility index (Phi) is 1.81. The van der Waals surface area contributed by atoms with Crippen LogP contribution in [0.1, 0.15) is 29.4 Å². The van der Waals surface area contributed by atoms with Crippen LogP contribution in [-0.4, -0.2) is 34.1 Å². The zero-order valence-corrected chi connectivity index (χ0v) is 8.64. The molecule has 1 aromatic rings. The molecule has 0 N–H and O–H groups in total. The van der Waals surface area contributed by atoms with Crippen LogP contribution in [0, 0.1) is 18.8 Å². The van der Waals surface area contributed by atoms with Crippen LogP contribution in [0.3, 0.4) is 0 Å². The molecule has 1 aliphatic carbocycles. The molecule has 15 heavy (non-hydrogen) atoms. The van der Waals surface area contributed by atoms with Gasteiger partial charge in [-0.3, -0.25) is 4.79 Å². The monoisotopic (exact) mass is 207 g/mol. The van der Waals surface area contributed by atoms with E-state index in [4.69, 9.17) is 4.42 Å². The predicted octanol–water partition coefficient (Wildman–Crippen LogP) is 0.860. The van der Waals surface area contributed by atoms with Crippen molar-refractivity contribution in [3.05, 3.63) is 11.8 Å². The summed E-state index contributed by atoms with van der Waals surface area (Å²) in [4.78, 5) is 13.8. The number of likely N-dealkylation sites (tertiary alicyclic amines) is 1. The topological polar surface area (TPSA) is 59.2 Å². The molecule has 5 nitrogen and oxygen atoms in total. The van der Waals surface area contributed by atoms with Crippen molar-refractivity contribution in [3.8, 4) is 0 Å². The van der Waals surface area contributed by atoms with Gasteiger partial charge < -0.3 is 9.32 Å². The third-order valence-corrected chi connectivity index (χ3v) is 3.48. The summed E-state index contributed by atoms with van der Waals surface area (Å²) < 4.78 is 5.14. The van der Waals surface area contributed by atoms with Gasteiger partial charge in [-0.05, 0) is 24.7 Å². The van der Waals surface area contributed by atoms with Gasteiger partial charge in [0.25, 0.3) is 0 Å². The van der Waals surface area contributed by atoms with Crippen molar-refractivity contribution >= 4 is 5.91 Å². The number of carbonyl (C=O) groups is 1. The maximum absolute atomic E-state index is 11.9.